The fourth-order valence-electron chi connectivity index (χ4n) is 2.21. The Morgan fingerprint density at radius 2 is 2.44 bits per heavy atom. The molecule has 0 amide bonds. The third-order valence-electron chi connectivity index (χ3n) is 3.31. The van der Waals surface area contributed by atoms with Crippen molar-refractivity contribution in [1.82, 2.24) is 4.98 Å². The van der Waals surface area contributed by atoms with Gasteiger partial charge in [0.2, 0.25) is 0 Å². The maximum atomic E-state index is 6.42. The van der Waals surface area contributed by atoms with Crippen molar-refractivity contribution < 1.29 is 4.74 Å². The number of rotatable bonds is 3. The van der Waals surface area contributed by atoms with Crippen molar-refractivity contribution >= 4 is 11.6 Å². The minimum Gasteiger partial charge on any atom is -0.376 e. The van der Waals surface area contributed by atoms with E-state index in [4.69, 9.17) is 16.3 Å². The number of aromatic nitrogens is 1. The van der Waals surface area contributed by atoms with E-state index in [-0.39, 0.29) is 11.5 Å². The van der Waals surface area contributed by atoms with Gasteiger partial charge in [0.15, 0.2) is 0 Å². The van der Waals surface area contributed by atoms with Gasteiger partial charge in [0, 0.05) is 24.9 Å². The molecule has 2 nitrogen and oxygen atoms in total. The van der Waals surface area contributed by atoms with Crippen LogP contribution < -0.4 is 0 Å². The van der Waals surface area contributed by atoms with E-state index in [1.54, 1.807) is 0 Å². The molecule has 1 aliphatic rings. The zero-order valence-corrected chi connectivity index (χ0v) is 10.6. The van der Waals surface area contributed by atoms with Gasteiger partial charge in [-0.05, 0) is 30.9 Å². The zero-order valence-electron chi connectivity index (χ0n) is 9.82. The Labute approximate surface area is 102 Å². The summed E-state index contributed by atoms with van der Waals surface area (Å²) >= 11 is 6.42. The summed E-state index contributed by atoms with van der Waals surface area (Å²) < 4.78 is 5.68. The van der Waals surface area contributed by atoms with Crippen molar-refractivity contribution in [3.05, 3.63) is 29.6 Å². The Bertz CT molecular complexity index is 356. The van der Waals surface area contributed by atoms with Gasteiger partial charge in [0.1, 0.15) is 0 Å². The second-order valence-corrected chi connectivity index (χ2v) is 5.15. The fourth-order valence-corrected chi connectivity index (χ4v) is 2.68. The van der Waals surface area contributed by atoms with Gasteiger partial charge in [-0.25, -0.2) is 0 Å². The molecule has 1 saturated heterocycles. The molecule has 3 unspecified atom stereocenters. The van der Waals surface area contributed by atoms with Crippen LogP contribution in [-0.2, 0) is 11.2 Å². The van der Waals surface area contributed by atoms with Crippen molar-refractivity contribution in [2.45, 2.75) is 38.2 Å². The van der Waals surface area contributed by atoms with Crippen LogP contribution in [0.15, 0.2) is 18.3 Å². The number of hydrogen-bond acceptors (Lipinski definition) is 2. The standard InChI is InChI=1S/C13H18ClNO/c1-9-4-3-6-15-12(9)8-11(14)13-10(2)5-7-16-13/h3-4,6,10-11,13H,5,7-8H2,1-2H3. The molecule has 0 aliphatic carbocycles. The smallest absolute Gasteiger partial charge is 0.0768 e. The van der Waals surface area contributed by atoms with Gasteiger partial charge in [0.05, 0.1) is 11.5 Å². The average molecular weight is 240 g/mol. The van der Waals surface area contributed by atoms with Crippen LogP contribution in [0.25, 0.3) is 0 Å². The first-order chi connectivity index (χ1) is 7.68. The van der Waals surface area contributed by atoms with Gasteiger partial charge in [-0.1, -0.05) is 13.0 Å². The Hall–Kier alpha value is -0.600. The number of alkyl halides is 1. The molecule has 3 atom stereocenters. The van der Waals surface area contributed by atoms with E-state index in [9.17, 15) is 0 Å². The summed E-state index contributed by atoms with van der Waals surface area (Å²) in [5, 5.41) is 0.0334. The van der Waals surface area contributed by atoms with Crippen LogP contribution in [0.2, 0.25) is 0 Å². The summed E-state index contributed by atoms with van der Waals surface area (Å²) in [4.78, 5) is 4.37. The molecule has 0 bridgehead atoms. The van der Waals surface area contributed by atoms with E-state index >= 15 is 0 Å². The van der Waals surface area contributed by atoms with Crippen molar-refractivity contribution in [3.8, 4) is 0 Å². The van der Waals surface area contributed by atoms with E-state index in [1.165, 1.54) is 5.56 Å². The molecule has 1 aromatic rings. The van der Waals surface area contributed by atoms with Crippen LogP contribution in [-0.4, -0.2) is 23.1 Å². The lowest BCUT2D eigenvalue weighted by molar-refractivity contribution is 0.0901. The largest absolute Gasteiger partial charge is 0.376 e. The molecule has 0 radical (unpaired) electrons. The molecule has 2 heterocycles. The van der Waals surface area contributed by atoms with E-state index < -0.39 is 0 Å². The van der Waals surface area contributed by atoms with Crippen molar-refractivity contribution in [1.29, 1.82) is 0 Å². The highest BCUT2D eigenvalue weighted by Gasteiger charge is 2.31. The summed E-state index contributed by atoms with van der Waals surface area (Å²) in [6, 6.07) is 4.03. The van der Waals surface area contributed by atoms with Gasteiger partial charge in [-0.2, -0.15) is 0 Å². The Morgan fingerprint density at radius 3 is 3.06 bits per heavy atom. The number of hydrogen-bond donors (Lipinski definition) is 0. The van der Waals surface area contributed by atoms with Crippen LogP contribution in [0.4, 0.5) is 0 Å². The first-order valence-corrected chi connectivity index (χ1v) is 6.28. The third kappa shape index (κ3) is 2.55. The fraction of sp³-hybridized carbons (Fsp3) is 0.615. The topological polar surface area (TPSA) is 22.1 Å². The van der Waals surface area contributed by atoms with E-state index in [0.717, 1.165) is 25.1 Å². The van der Waals surface area contributed by atoms with E-state index in [0.29, 0.717) is 5.92 Å². The molecule has 88 valence electrons. The average Bonchev–Trinajstić information content (AvgIpc) is 2.68. The molecule has 16 heavy (non-hydrogen) atoms. The Kier molecular flexibility index (Phi) is 3.82. The quantitative estimate of drug-likeness (QED) is 0.757. The molecule has 1 aliphatic heterocycles. The number of nitrogens with zero attached hydrogens (tertiary/aromatic N) is 1. The highest BCUT2D eigenvalue weighted by atomic mass is 35.5. The summed E-state index contributed by atoms with van der Waals surface area (Å²) in [5.41, 5.74) is 2.30. The molecular formula is C13H18ClNO. The normalized spacial score (nSPS) is 26.9. The van der Waals surface area contributed by atoms with Gasteiger partial charge < -0.3 is 4.74 Å². The SMILES string of the molecule is Cc1cccnc1CC(Cl)C1OCCC1C. The summed E-state index contributed by atoms with van der Waals surface area (Å²) in [6.07, 6.45) is 3.92. The van der Waals surface area contributed by atoms with Gasteiger partial charge in [-0.3, -0.25) is 4.98 Å². The Morgan fingerprint density at radius 1 is 1.62 bits per heavy atom. The van der Waals surface area contributed by atoms with Crippen LogP contribution in [0.5, 0.6) is 0 Å². The number of pyridine rings is 1. The Balaban J connectivity index is 2.02. The third-order valence-corrected chi connectivity index (χ3v) is 3.71. The number of aryl methyl sites for hydroxylation is 1. The minimum absolute atomic E-state index is 0.0334. The van der Waals surface area contributed by atoms with Crippen LogP contribution in [0.3, 0.4) is 0 Å². The minimum atomic E-state index is 0.0334. The lowest BCUT2D eigenvalue weighted by atomic mass is 9.98. The van der Waals surface area contributed by atoms with Gasteiger partial charge in [-0.15, -0.1) is 11.6 Å². The molecular weight excluding hydrogens is 222 g/mol. The molecule has 0 spiro atoms. The maximum Gasteiger partial charge on any atom is 0.0768 e. The first-order valence-electron chi connectivity index (χ1n) is 5.84. The van der Waals surface area contributed by atoms with Crippen molar-refractivity contribution in [2.75, 3.05) is 6.61 Å². The predicted octanol–water partition coefficient (Wildman–Crippen LogP) is 2.96. The van der Waals surface area contributed by atoms with Crippen LogP contribution in [0.1, 0.15) is 24.6 Å². The molecule has 1 fully saturated rings. The molecule has 1 aromatic heterocycles. The highest BCUT2D eigenvalue weighted by molar-refractivity contribution is 6.21. The first kappa shape index (κ1) is 11.9. The van der Waals surface area contributed by atoms with E-state index in [1.807, 2.05) is 12.3 Å². The lowest BCUT2D eigenvalue weighted by Crippen LogP contribution is -2.28. The van der Waals surface area contributed by atoms with Crippen LogP contribution in [0, 0.1) is 12.8 Å². The molecule has 2 rings (SSSR count). The van der Waals surface area contributed by atoms with Crippen LogP contribution >= 0.6 is 11.6 Å². The highest BCUT2D eigenvalue weighted by Crippen LogP contribution is 2.27. The molecule has 0 aromatic carbocycles. The predicted molar refractivity (Wildman–Crippen MR) is 65.8 cm³/mol. The molecule has 3 heteroatoms. The number of ether oxygens (including phenoxy) is 1. The summed E-state index contributed by atoms with van der Waals surface area (Å²) in [6.45, 7) is 5.12. The number of halogens is 1. The lowest BCUT2D eigenvalue weighted by Gasteiger charge is -2.20. The second kappa shape index (κ2) is 5.15. The maximum absolute atomic E-state index is 6.42. The zero-order chi connectivity index (χ0) is 11.5. The second-order valence-electron chi connectivity index (χ2n) is 4.59. The van der Waals surface area contributed by atoms with Gasteiger partial charge in [0.25, 0.3) is 0 Å². The molecule has 0 N–H and O–H groups in total. The summed E-state index contributed by atoms with van der Waals surface area (Å²) in [5.74, 6) is 0.562. The van der Waals surface area contributed by atoms with Crippen molar-refractivity contribution in [3.63, 3.8) is 0 Å². The summed E-state index contributed by atoms with van der Waals surface area (Å²) in [7, 11) is 0. The van der Waals surface area contributed by atoms with Crippen molar-refractivity contribution in [2.24, 2.45) is 5.92 Å². The molecule has 0 saturated carbocycles. The van der Waals surface area contributed by atoms with Gasteiger partial charge >= 0.3 is 0 Å². The van der Waals surface area contributed by atoms with E-state index in [2.05, 4.69) is 24.9 Å². The monoisotopic (exact) mass is 239 g/mol.